The first kappa shape index (κ1) is 8.63. The number of rotatable bonds is 1. The van der Waals surface area contributed by atoms with Crippen molar-refractivity contribution >= 4 is 12.4 Å². The number of nitrogens with two attached hydrogens (primary N) is 2. The summed E-state index contributed by atoms with van der Waals surface area (Å²) in [4.78, 5) is 13.9. The summed E-state index contributed by atoms with van der Waals surface area (Å²) in [5.74, 6) is 5.34. The van der Waals surface area contributed by atoms with Crippen LogP contribution in [0, 0.1) is 0 Å². The summed E-state index contributed by atoms with van der Waals surface area (Å²) in [6.07, 6.45) is 0.840. The van der Waals surface area contributed by atoms with E-state index in [0.29, 0.717) is 32.1 Å². The van der Waals surface area contributed by atoms with Crippen LogP contribution in [0.4, 0.5) is 0 Å². The molecule has 1 amide bonds. The molecule has 4 N–H and O–H groups in total. The van der Waals surface area contributed by atoms with Gasteiger partial charge in [0.15, 0.2) is 0 Å². The Hall–Kier alpha value is -1.46. The maximum absolute atomic E-state index is 10.3. The molecule has 0 aromatic rings. The third-order valence-electron chi connectivity index (χ3n) is 1.92. The minimum atomic E-state index is 0.334. The van der Waals surface area contributed by atoms with Gasteiger partial charge in [0.25, 0.3) is 0 Å². The van der Waals surface area contributed by atoms with Gasteiger partial charge >= 0.3 is 0 Å². The summed E-state index contributed by atoms with van der Waals surface area (Å²) in [5, 5.41) is 3.38. The lowest BCUT2D eigenvalue weighted by Gasteiger charge is -2.32. The highest BCUT2D eigenvalue weighted by Crippen LogP contribution is 1.97. The zero-order chi connectivity index (χ0) is 8.97. The number of amides is 1. The molecular weight excluding hydrogens is 158 g/mol. The molecule has 1 aliphatic rings. The quantitative estimate of drug-likeness (QED) is 0.156. The maximum Gasteiger partial charge on any atom is 0.213 e. The van der Waals surface area contributed by atoms with Gasteiger partial charge in [-0.15, -0.1) is 5.10 Å². The summed E-state index contributed by atoms with van der Waals surface area (Å²) in [6.45, 7) is 2.76. The van der Waals surface area contributed by atoms with Gasteiger partial charge in [-0.1, -0.05) is 0 Å². The van der Waals surface area contributed by atoms with Crippen molar-refractivity contribution < 1.29 is 4.79 Å². The Labute approximate surface area is 70.8 Å². The highest BCUT2D eigenvalue weighted by atomic mass is 16.1. The Bertz CT molecular complexity index is 184. The normalized spacial score (nSPS) is 19.5. The van der Waals surface area contributed by atoms with Crippen molar-refractivity contribution in [2.45, 2.75) is 0 Å². The van der Waals surface area contributed by atoms with E-state index >= 15 is 0 Å². The van der Waals surface area contributed by atoms with E-state index in [4.69, 9.17) is 11.6 Å². The molecule has 1 aliphatic heterocycles. The molecule has 1 saturated heterocycles. The van der Waals surface area contributed by atoms with Crippen molar-refractivity contribution in [3.8, 4) is 0 Å². The highest BCUT2D eigenvalue weighted by molar-refractivity contribution is 5.77. The van der Waals surface area contributed by atoms with Crippen molar-refractivity contribution in [2.75, 3.05) is 26.2 Å². The molecule has 0 aromatic heterocycles. The summed E-state index contributed by atoms with van der Waals surface area (Å²) in [6, 6.07) is 0. The van der Waals surface area contributed by atoms with Gasteiger partial charge in [0, 0.05) is 26.2 Å². The third-order valence-corrected chi connectivity index (χ3v) is 1.92. The average Bonchev–Trinajstić information content (AvgIpc) is 2.17. The molecule has 6 heteroatoms. The number of carbonyl (C=O) groups excluding carboxylic acids is 1. The van der Waals surface area contributed by atoms with Crippen LogP contribution in [0.5, 0.6) is 0 Å². The monoisotopic (exact) mass is 171 g/mol. The molecule has 1 fully saturated rings. The summed E-state index contributed by atoms with van der Waals surface area (Å²) < 4.78 is 0. The molecule has 0 saturated carbocycles. The van der Waals surface area contributed by atoms with E-state index in [2.05, 4.69) is 5.10 Å². The number of nitrogens with zero attached hydrogens (tertiary/aromatic N) is 3. The maximum atomic E-state index is 10.3. The van der Waals surface area contributed by atoms with Gasteiger partial charge in [-0.2, -0.15) is 0 Å². The van der Waals surface area contributed by atoms with Gasteiger partial charge in [-0.3, -0.25) is 4.79 Å². The van der Waals surface area contributed by atoms with Crippen LogP contribution in [-0.2, 0) is 4.79 Å². The Morgan fingerprint density at radius 3 is 2.33 bits per heavy atom. The molecule has 0 spiro atoms. The van der Waals surface area contributed by atoms with E-state index in [1.54, 1.807) is 4.90 Å². The third kappa shape index (κ3) is 1.77. The van der Waals surface area contributed by atoms with Crippen molar-refractivity contribution in [3.05, 3.63) is 0 Å². The first-order chi connectivity index (χ1) is 5.77. The summed E-state index contributed by atoms with van der Waals surface area (Å²) in [5.41, 5.74) is 5.48. The van der Waals surface area contributed by atoms with Gasteiger partial charge in [-0.05, 0) is 0 Å². The fourth-order valence-electron chi connectivity index (χ4n) is 1.14. The average molecular weight is 171 g/mol. The smallest absolute Gasteiger partial charge is 0.213 e. The van der Waals surface area contributed by atoms with Crippen molar-refractivity contribution in [1.82, 2.24) is 9.80 Å². The fourth-order valence-corrected chi connectivity index (χ4v) is 1.14. The number of piperazine rings is 1. The second-order valence-corrected chi connectivity index (χ2v) is 2.62. The van der Waals surface area contributed by atoms with E-state index in [1.165, 1.54) is 0 Å². The second kappa shape index (κ2) is 3.80. The number of carbonyl (C=O) groups is 1. The summed E-state index contributed by atoms with van der Waals surface area (Å²) in [7, 11) is 0. The molecule has 0 atom stereocenters. The molecule has 0 aliphatic carbocycles. The van der Waals surface area contributed by atoms with Crippen LogP contribution < -0.4 is 11.6 Å². The van der Waals surface area contributed by atoms with Crippen LogP contribution in [0.1, 0.15) is 0 Å². The predicted octanol–water partition coefficient (Wildman–Crippen LogP) is -2.05. The van der Waals surface area contributed by atoms with Gasteiger partial charge in [0.1, 0.15) is 0 Å². The van der Waals surface area contributed by atoms with Gasteiger partial charge < -0.3 is 21.4 Å². The van der Waals surface area contributed by atoms with Crippen LogP contribution in [0.2, 0.25) is 0 Å². The fraction of sp³-hybridized carbons (Fsp3) is 0.667. The van der Waals surface area contributed by atoms with Gasteiger partial charge in [-0.25, -0.2) is 0 Å². The molecule has 0 unspecified atom stereocenters. The Morgan fingerprint density at radius 1 is 1.33 bits per heavy atom. The Balaban J connectivity index is 2.40. The molecule has 1 heterocycles. The number of hydrazone groups is 1. The second-order valence-electron chi connectivity index (χ2n) is 2.62. The zero-order valence-corrected chi connectivity index (χ0v) is 6.81. The van der Waals surface area contributed by atoms with Crippen LogP contribution in [0.15, 0.2) is 5.10 Å². The van der Waals surface area contributed by atoms with E-state index in [1.807, 2.05) is 4.90 Å². The SMILES string of the molecule is N/N=C(/N)N1CCN(C=O)CC1. The van der Waals surface area contributed by atoms with Crippen molar-refractivity contribution in [1.29, 1.82) is 0 Å². The number of hydrogen-bond donors (Lipinski definition) is 2. The lowest BCUT2D eigenvalue weighted by atomic mass is 10.3. The highest BCUT2D eigenvalue weighted by Gasteiger charge is 2.16. The van der Waals surface area contributed by atoms with Crippen LogP contribution in [0.25, 0.3) is 0 Å². The van der Waals surface area contributed by atoms with Crippen LogP contribution in [0.3, 0.4) is 0 Å². The predicted molar refractivity (Wildman–Crippen MR) is 45.0 cm³/mol. The minimum absolute atomic E-state index is 0.334. The number of hydrogen-bond acceptors (Lipinski definition) is 3. The standard InChI is InChI=1S/C6H13N5O/c7-6(9-8)11-3-1-10(5-12)2-4-11/h5H,1-4,8H2,(H2,7,9). The molecule has 0 aromatic carbocycles. The molecule has 0 radical (unpaired) electrons. The zero-order valence-electron chi connectivity index (χ0n) is 6.81. The van der Waals surface area contributed by atoms with Crippen LogP contribution in [-0.4, -0.2) is 48.3 Å². The molecule has 12 heavy (non-hydrogen) atoms. The van der Waals surface area contributed by atoms with E-state index in [-0.39, 0.29) is 0 Å². The first-order valence-corrected chi connectivity index (χ1v) is 3.75. The topological polar surface area (TPSA) is 87.9 Å². The number of guanidine groups is 1. The van der Waals surface area contributed by atoms with E-state index < -0.39 is 0 Å². The minimum Gasteiger partial charge on any atom is -0.368 e. The van der Waals surface area contributed by atoms with Gasteiger partial charge in [0.05, 0.1) is 0 Å². The van der Waals surface area contributed by atoms with Crippen molar-refractivity contribution in [2.24, 2.45) is 16.7 Å². The molecule has 1 rings (SSSR count). The van der Waals surface area contributed by atoms with Crippen LogP contribution >= 0.6 is 0 Å². The molecule has 68 valence electrons. The van der Waals surface area contributed by atoms with E-state index in [0.717, 1.165) is 6.41 Å². The molecule has 6 nitrogen and oxygen atoms in total. The lowest BCUT2D eigenvalue weighted by Crippen LogP contribution is -2.50. The molecular formula is C6H13N5O. The molecule has 0 bridgehead atoms. The Kier molecular flexibility index (Phi) is 2.73. The van der Waals surface area contributed by atoms with E-state index in [9.17, 15) is 4.79 Å². The largest absolute Gasteiger partial charge is 0.368 e. The van der Waals surface area contributed by atoms with Gasteiger partial charge in [0.2, 0.25) is 12.4 Å². The first-order valence-electron chi connectivity index (χ1n) is 3.75. The lowest BCUT2D eigenvalue weighted by molar-refractivity contribution is -0.119. The van der Waals surface area contributed by atoms with Crippen molar-refractivity contribution in [3.63, 3.8) is 0 Å². The Morgan fingerprint density at radius 2 is 1.92 bits per heavy atom. The summed E-state index contributed by atoms with van der Waals surface area (Å²) >= 11 is 0.